The van der Waals surface area contributed by atoms with E-state index in [2.05, 4.69) is 15.1 Å². The lowest BCUT2D eigenvalue weighted by Gasteiger charge is -2.18. The van der Waals surface area contributed by atoms with Crippen molar-refractivity contribution in [2.24, 2.45) is 0 Å². The number of aryl methyl sites for hydroxylation is 1. The maximum atomic E-state index is 13.5. The van der Waals surface area contributed by atoms with Crippen LogP contribution in [-0.4, -0.2) is 37.6 Å². The van der Waals surface area contributed by atoms with Crippen LogP contribution in [0, 0.1) is 18.3 Å². The van der Waals surface area contributed by atoms with E-state index >= 15 is 0 Å². The molecule has 0 saturated heterocycles. The Kier molecular flexibility index (Phi) is 6.42. The van der Waals surface area contributed by atoms with Crippen molar-refractivity contribution in [3.05, 3.63) is 79.8 Å². The first-order chi connectivity index (χ1) is 16.2. The standard InChI is InChI=1S/C24H20Cl2N6O2/c1-13(11-27)32-23(33)19(14(2)30-32)12-31(3)24(34)21-18-10-17(26)7-8-20(18)28-22(29-21)15-5-4-6-16(25)9-15/h4-10,13,30H,12H2,1-3H3. The lowest BCUT2D eigenvalue weighted by molar-refractivity contribution is 0.0781. The minimum absolute atomic E-state index is 0.0315. The molecule has 1 unspecified atom stereocenters. The highest BCUT2D eigenvalue weighted by molar-refractivity contribution is 6.31. The van der Waals surface area contributed by atoms with Gasteiger partial charge in [-0.1, -0.05) is 35.3 Å². The molecule has 0 aliphatic carbocycles. The lowest BCUT2D eigenvalue weighted by Crippen LogP contribution is -2.31. The summed E-state index contributed by atoms with van der Waals surface area (Å²) >= 11 is 12.3. The maximum absolute atomic E-state index is 13.5. The fourth-order valence-corrected chi connectivity index (χ4v) is 3.99. The number of hydrogen-bond donors (Lipinski definition) is 1. The number of carbonyl (C=O) groups excluding carboxylic acids is 1. The molecule has 0 spiro atoms. The largest absolute Gasteiger partial charge is 0.336 e. The highest BCUT2D eigenvalue weighted by atomic mass is 35.5. The van der Waals surface area contributed by atoms with Crippen molar-refractivity contribution in [3.8, 4) is 17.5 Å². The third-order valence-electron chi connectivity index (χ3n) is 5.48. The number of nitrogens with one attached hydrogen (secondary N) is 1. The molecule has 0 aliphatic heterocycles. The lowest BCUT2D eigenvalue weighted by atomic mass is 10.1. The normalized spacial score (nSPS) is 11.9. The zero-order valence-corrected chi connectivity index (χ0v) is 20.1. The molecule has 0 bridgehead atoms. The number of aromatic amines is 1. The molecule has 0 saturated carbocycles. The van der Waals surface area contributed by atoms with Crippen LogP contribution in [0.5, 0.6) is 0 Å². The number of H-pyrrole nitrogens is 1. The molecule has 0 fully saturated rings. The molecule has 2 aromatic carbocycles. The number of carbonyl (C=O) groups is 1. The highest BCUT2D eigenvalue weighted by Crippen LogP contribution is 2.27. The zero-order chi connectivity index (χ0) is 24.6. The topological polar surface area (TPSA) is 108 Å². The first-order valence-corrected chi connectivity index (χ1v) is 11.1. The van der Waals surface area contributed by atoms with Gasteiger partial charge in [-0.25, -0.2) is 14.6 Å². The number of amides is 1. The van der Waals surface area contributed by atoms with Gasteiger partial charge in [0.25, 0.3) is 11.5 Å². The summed E-state index contributed by atoms with van der Waals surface area (Å²) in [6.07, 6.45) is 0. The molecule has 10 heteroatoms. The summed E-state index contributed by atoms with van der Waals surface area (Å²) in [6, 6.07) is 13.5. The van der Waals surface area contributed by atoms with E-state index < -0.39 is 11.9 Å². The van der Waals surface area contributed by atoms with Crippen LogP contribution in [-0.2, 0) is 6.54 Å². The van der Waals surface area contributed by atoms with E-state index in [1.54, 1.807) is 57.3 Å². The molecular weight excluding hydrogens is 475 g/mol. The van der Waals surface area contributed by atoms with Crippen LogP contribution in [0.1, 0.15) is 34.7 Å². The minimum atomic E-state index is -0.658. The van der Waals surface area contributed by atoms with Gasteiger partial charge in [-0.2, -0.15) is 5.26 Å². The molecule has 8 nitrogen and oxygen atoms in total. The molecule has 1 atom stereocenters. The number of hydrogen-bond acceptors (Lipinski definition) is 5. The minimum Gasteiger partial charge on any atom is -0.336 e. The molecule has 34 heavy (non-hydrogen) atoms. The summed E-state index contributed by atoms with van der Waals surface area (Å²) in [4.78, 5) is 36.9. The summed E-state index contributed by atoms with van der Waals surface area (Å²) in [5, 5.41) is 13.5. The van der Waals surface area contributed by atoms with E-state index in [-0.39, 0.29) is 17.8 Å². The van der Waals surface area contributed by atoms with Crippen molar-refractivity contribution in [1.29, 1.82) is 5.26 Å². The molecule has 2 aromatic heterocycles. The molecular formula is C24H20Cl2N6O2. The van der Waals surface area contributed by atoms with Crippen LogP contribution < -0.4 is 5.56 Å². The van der Waals surface area contributed by atoms with Gasteiger partial charge in [-0.05, 0) is 44.2 Å². The van der Waals surface area contributed by atoms with Crippen molar-refractivity contribution in [2.45, 2.75) is 26.4 Å². The second-order valence-electron chi connectivity index (χ2n) is 7.92. The van der Waals surface area contributed by atoms with E-state index in [1.807, 2.05) is 12.1 Å². The number of nitrogens with zero attached hydrogens (tertiary/aromatic N) is 5. The van der Waals surface area contributed by atoms with Gasteiger partial charge in [0.2, 0.25) is 0 Å². The van der Waals surface area contributed by atoms with E-state index in [0.717, 1.165) is 0 Å². The van der Waals surface area contributed by atoms with Crippen LogP contribution in [0.3, 0.4) is 0 Å². The number of benzene rings is 2. The second kappa shape index (κ2) is 9.29. The molecule has 1 amide bonds. The number of nitriles is 1. The van der Waals surface area contributed by atoms with Gasteiger partial charge in [-0.3, -0.25) is 14.7 Å². The number of rotatable bonds is 5. The Morgan fingerprint density at radius 3 is 2.65 bits per heavy atom. The summed E-state index contributed by atoms with van der Waals surface area (Å²) in [7, 11) is 1.59. The molecule has 1 N–H and O–H groups in total. The summed E-state index contributed by atoms with van der Waals surface area (Å²) < 4.78 is 1.25. The molecule has 4 rings (SSSR count). The van der Waals surface area contributed by atoms with E-state index in [1.165, 1.54) is 9.58 Å². The SMILES string of the molecule is Cc1[nH]n(C(C)C#N)c(=O)c1CN(C)C(=O)c1nc(-c2cccc(Cl)c2)nc2ccc(Cl)cc12. The molecule has 0 aliphatic rings. The van der Waals surface area contributed by atoms with Gasteiger partial charge < -0.3 is 4.90 Å². The van der Waals surface area contributed by atoms with Crippen LogP contribution in [0.4, 0.5) is 0 Å². The fourth-order valence-electron chi connectivity index (χ4n) is 3.63. The van der Waals surface area contributed by atoms with Crippen LogP contribution >= 0.6 is 23.2 Å². The van der Waals surface area contributed by atoms with Gasteiger partial charge in [-0.15, -0.1) is 0 Å². The maximum Gasteiger partial charge on any atom is 0.273 e. The smallest absolute Gasteiger partial charge is 0.273 e. The van der Waals surface area contributed by atoms with Gasteiger partial charge in [0.05, 0.1) is 23.7 Å². The Morgan fingerprint density at radius 1 is 1.21 bits per heavy atom. The first-order valence-electron chi connectivity index (χ1n) is 10.4. The second-order valence-corrected chi connectivity index (χ2v) is 8.80. The first kappa shape index (κ1) is 23.5. The summed E-state index contributed by atoms with van der Waals surface area (Å²) in [5.41, 5.74) is 2.00. The highest BCUT2D eigenvalue weighted by Gasteiger charge is 2.23. The van der Waals surface area contributed by atoms with Crippen molar-refractivity contribution in [2.75, 3.05) is 7.05 Å². The van der Waals surface area contributed by atoms with E-state index in [4.69, 9.17) is 28.5 Å². The molecule has 4 aromatic rings. The Hall–Kier alpha value is -3.67. The van der Waals surface area contributed by atoms with E-state index in [0.29, 0.717) is 43.6 Å². The average Bonchev–Trinajstić information content (AvgIpc) is 3.10. The van der Waals surface area contributed by atoms with Crippen LogP contribution in [0.15, 0.2) is 47.3 Å². The summed E-state index contributed by atoms with van der Waals surface area (Å²) in [5.74, 6) is -0.0603. The third-order valence-corrected chi connectivity index (χ3v) is 5.95. The van der Waals surface area contributed by atoms with Crippen LogP contribution in [0.25, 0.3) is 22.3 Å². The zero-order valence-electron chi connectivity index (χ0n) is 18.6. The van der Waals surface area contributed by atoms with Gasteiger partial charge in [0.15, 0.2) is 5.82 Å². The quantitative estimate of drug-likeness (QED) is 0.430. The Bertz CT molecular complexity index is 1520. The van der Waals surface area contributed by atoms with Crippen LogP contribution in [0.2, 0.25) is 10.0 Å². The fraction of sp³-hybridized carbons (Fsp3) is 0.208. The molecule has 172 valence electrons. The molecule has 0 radical (unpaired) electrons. The number of aromatic nitrogens is 4. The Morgan fingerprint density at radius 2 is 1.94 bits per heavy atom. The van der Waals surface area contributed by atoms with Crippen molar-refractivity contribution < 1.29 is 4.79 Å². The van der Waals surface area contributed by atoms with Gasteiger partial charge in [0.1, 0.15) is 11.7 Å². The number of halogens is 2. The Labute approximate surface area is 205 Å². The predicted octanol–water partition coefficient (Wildman–Crippen LogP) is 4.76. The van der Waals surface area contributed by atoms with Gasteiger partial charge >= 0.3 is 0 Å². The average molecular weight is 495 g/mol. The van der Waals surface area contributed by atoms with Crippen molar-refractivity contribution in [3.63, 3.8) is 0 Å². The van der Waals surface area contributed by atoms with Crippen molar-refractivity contribution >= 4 is 40.0 Å². The number of fused-ring (bicyclic) bond motifs is 1. The van der Waals surface area contributed by atoms with Gasteiger partial charge in [0, 0.05) is 33.7 Å². The summed E-state index contributed by atoms with van der Waals surface area (Å²) in [6.45, 7) is 3.38. The Balaban J connectivity index is 1.78. The van der Waals surface area contributed by atoms with E-state index in [9.17, 15) is 9.59 Å². The monoisotopic (exact) mass is 494 g/mol. The third kappa shape index (κ3) is 4.40. The van der Waals surface area contributed by atoms with Crippen molar-refractivity contribution in [1.82, 2.24) is 24.6 Å². The molecule has 2 heterocycles. The predicted molar refractivity (Wildman–Crippen MR) is 131 cm³/mol.